The lowest BCUT2D eigenvalue weighted by atomic mass is 9.89. The number of benzene rings is 1. The quantitative estimate of drug-likeness (QED) is 0.639. The highest BCUT2D eigenvalue weighted by atomic mass is 79.9. The van der Waals surface area contributed by atoms with Gasteiger partial charge in [-0.25, -0.2) is 0 Å². The van der Waals surface area contributed by atoms with Gasteiger partial charge in [-0.3, -0.25) is 0 Å². The molecule has 1 aromatic carbocycles. The van der Waals surface area contributed by atoms with E-state index in [1.165, 1.54) is 31.2 Å². The first-order valence-corrected chi connectivity index (χ1v) is 7.41. The van der Waals surface area contributed by atoms with Gasteiger partial charge in [-0.2, -0.15) is 0 Å². The van der Waals surface area contributed by atoms with Gasteiger partial charge in [0.25, 0.3) is 0 Å². The molecule has 0 radical (unpaired) electrons. The Morgan fingerprint density at radius 1 is 1.31 bits per heavy atom. The second-order valence-electron chi connectivity index (χ2n) is 4.72. The van der Waals surface area contributed by atoms with Crippen LogP contribution in [-0.2, 0) is 0 Å². The first kappa shape index (κ1) is 12.4. The fraction of sp³-hybridized carbons (Fsp3) is 0.571. The lowest BCUT2D eigenvalue weighted by Crippen LogP contribution is -2.14. The average Bonchev–Trinajstić information content (AvgIpc) is 3.06. The van der Waals surface area contributed by atoms with Crippen molar-refractivity contribution < 1.29 is 0 Å². The molecule has 0 heterocycles. The van der Waals surface area contributed by atoms with E-state index in [1.54, 1.807) is 0 Å². The van der Waals surface area contributed by atoms with Crippen LogP contribution in [0.25, 0.3) is 0 Å². The van der Waals surface area contributed by atoms with E-state index in [0.29, 0.717) is 10.7 Å². The average molecular weight is 302 g/mol. The lowest BCUT2D eigenvalue weighted by Gasteiger charge is -2.22. The summed E-state index contributed by atoms with van der Waals surface area (Å²) in [5.74, 6) is 1.56. The van der Waals surface area contributed by atoms with Crippen molar-refractivity contribution in [2.45, 2.75) is 43.4 Å². The highest BCUT2D eigenvalue weighted by Gasteiger charge is 2.36. The Bertz CT molecular complexity index is 329. The predicted octanol–water partition coefficient (Wildman–Crippen LogP) is 5.40. The SMILES string of the molecule is CCCC(Br)C(c1ccc(Cl)cc1)C1CC1. The molecule has 0 aromatic heterocycles. The van der Waals surface area contributed by atoms with Crippen molar-refractivity contribution in [3.8, 4) is 0 Å². The minimum atomic E-state index is 0.617. The second-order valence-corrected chi connectivity index (χ2v) is 6.33. The van der Waals surface area contributed by atoms with Crippen LogP contribution < -0.4 is 0 Å². The van der Waals surface area contributed by atoms with Gasteiger partial charge in [-0.05, 0) is 48.8 Å². The zero-order chi connectivity index (χ0) is 11.5. The molecule has 0 bridgehead atoms. The molecular weight excluding hydrogens is 284 g/mol. The van der Waals surface area contributed by atoms with Gasteiger partial charge in [0, 0.05) is 9.85 Å². The van der Waals surface area contributed by atoms with E-state index >= 15 is 0 Å². The van der Waals surface area contributed by atoms with Gasteiger partial charge in [0.2, 0.25) is 0 Å². The third-order valence-electron chi connectivity index (χ3n) is 3.34. The topological polar surface area (TPSA) is 0 Å². The van der Waals surface area contributed by atoms with Gasteiger partial charge < -0.3 is 0 Å². The molecule has 0 aliphatic heterocycles. The Balaban J connectivity index is 2.15. The van der Waals surface area contributed by atoms with Crippen molar-refractivity contribution in [3.63, 3.8) is 0 Å². The summed E-state index contributed by atoms with van der Waals surface area (Å²) in [4.78, 5) is 0.617. The van der Waals surface area contributed by atoms with E-state index < -0.39 is 0 Å². The molecule has 0 amide bonds. The number of hydrogen-bond donors (Lipinski definition) is 0. The number of rotatable bonds is 5. The van der Waals surface area contributed by atoms with Crippen molar-refractivity contribution in [2.75, 3.05) is 0 Å². The van der Waals surface area contributed by atoms with Crippen LogP contribution in [0.15, 0.2) is 24.3 Å². The minimum absolute atomic E-state index is 0.617. The largest absolute Gasteiger partial charge is 0.0884 e. The molecule has 2 heteroatoms. The van der Waals surface area contributed by atoms with Crippen molar-refractivity contribution in [1.82, 2.24) is 0 Å². The zero-order valence-corrected chi connectivity index (χ0v) is 12.0. The van der Waals surface area contributed by atoms with E-state index in [0.717, 1.165) is 10.9 Å². The van der Waals surface area contributed by atoms with Crippen LogP contribution in [0, 0.1) is 5.92 Å². The molecule has 2 atom stereocenters. The molecule has 0 nitrogen and oxygen atoms in total. The molecule has 1 aliphatic rings. The van der Waals surface area contributed by atoms with Crippen LogP contribution in [0.2, 0.25) is 5.02 Å². The lowest BCUT2D eigenvalue weighted by molar-refractivity contribution is 0.552. The van der Waals surface area contributed by atoms with E-state index in [-0.39, 0.29) is 0 Å². The molecule has 16 heavy (non-hydrogen) atoms. The monoisotopic (exact) mass is 300 g/mol. The van der Waals surface area contributed by atoms with Crippen LogP contribution in [0.4, 0.5) is 0 Å². The van der Waals surface area contributed by atoms with Crippen LogP contribution in [0.3, 0.4) is 0 Å². The summed E-state index contributed by atoms with van der Waals surface area (Å²) in [6, 6.07) is 8.40. The molecule has 1 fully saturated rings. The molecule has 0 spiro atoms. The highest BCUT2D eigenvalue weighted by Crippen LogP contribution is 2.47. The zero-order valence-electron chi connectivity index (χ0n) is 9.63. The standard InChI is InChI=1S/C14H18BrCl/c1-2-3-13(15)14(10-4-5-10)11-6-8-12(16)9-7-11/h6-10,13-14H,2-5H2,1H3. The Labute approximate surface area is 112 Å². The molecular formula is C14H18BrCl. The number of hydrogen-bond acceptors (Lipinski definition) is 0. The molecule has 0 N–H and O–H groups in total. The molecule has 1 aromatic rings. The maximum absolute atomic E-state index is 5.94. The second kappa shape index (κ2) is 5.55. The molecule has 1 saturated carbocycles. The molecule has 88 valence electrons. The Morgan fingerprint density at radius 2 is 1.94 bits per heavy atom. The minimum Gasteiger partial charge on any atom is -0.0884 e. The first-order valence-electron chi connectivity index (χ1n) is 6.12. The maximum atomic E-state index is 5.94. The summed E-state index contributed by atoms with van der Waals surface area (Å²) in [6.07, 6.45) is 5.27. The summed E-state index contributed by atoms with van der Waals surface area (Å²) in [7, 11) is 0. The molecule has 2 rings (SSSR count). The van der Waals surface area contributed by atoms with Gasteiger partial charge in [0.1, 0.15) is 0 Å². The summed E-state index contributed by atoms with van der Waals surface area (Å²) in [5, 5.41) is 0.833. The Hall–Kier alpha value is -0.0100. The third kappa shape index (κ3) is 3.01. The van der Waals surface area contributed by atoms with Gasteiger partial charge in [-0.1, -0.05) is 53.0 Å². The van der Waals surface area contributed by atoms with Gasteiger partial charge >= 0.3 is 0 Å². The van der Waals surface area contributed by atoms with Crippen molar-refractivity contribution in [3.05, 3.63) is 34.9 Å². The fourth-order valence-corrected chi connectivity index (χ4v) is 3.69. The van der Waals surface area contributed by atoms with Gasteiger partial charge in [0.15, 0.2) is 0 Å². The summed E-state index contributed by atoms with van der Waals surface area (Å²) >= 11 is 9.81. The van der Waals surface area contributed by atoms with Crippen LogP contribution in [-0.4, -0.2) is 4.83 Å². The predicted molar refractivity (Wildman–Crippen MR) is 74.5 cm³/mol. The first-order chi connectivity index (χ1) is 7.72. The molecule has 0 saturated heterocycles. The van der Waals surface area contributed by atoms with Crippen molar-refractivity contribution in [2.24, 2.45) is 5.92 Å². The number of halogens is 2. The summed E-state index contributed by atoms with van der Waals surface area (Å²) < 4.78 is 0. The van der Waals surface area contributed by atoms with Crippen molar-refractivity contribution >= 4 is 27.5 Å². The summed E-state index contributed by atoms with van der Waals surface area (Å²) in [6.45, 7) is 2.25. The van der Waals surface area contributed by atoms with Crippen LogP contribution >= 0.6 is 27.5 Å². The fourth-order valence-electron chi connectivity index (χ4n) is 2.37. The van der Waals surface area contributed by atoms with Gasteiger partial charge in [0.05, 0.1) is 0 Å². The van der Waals surface area contributed by atoms with E-state index in [1.807, 2.05) is 12.1 Å². The van der Waals surface area contributed by atoms with Gasteiger partial charge in [-0.15, -0.1) is 0 Å². The van der Waals surface area contributed by atoms with E-state index in [4.69, 9.17) is 11.6 Å². The maximum Gasteiger partial charge on any atom is 0.0406 e. The third-order valence-corrected chi connectivity index (χ3v) is 4.62. The summed E-state index contributed by atoms with van der Waals surface area (Å²) in [5.41, 5.74) is 1.45. The van der Waals surface area contributed by atoms with Crippen molar-refractivity contribution in [1.29, 1.82) is 0 Å². The normalized spacial score (nSPS) is 19.4. The number of alkyl halides is 1. The smallest absolute Gasteiger partial charge is 0.0406 e. The Morgan fingerprint density at radius 3 is 2.44 bits per heavy atom. The molecule has 1 aliphatic carbocycles. The van der Waals surface area contributed by atoms with E-state index in [9.17, 15) is 0 Å². The van der Waals surface area contributed by atoms with Crippen LogP contribution in [0.5, 0.6) is 0 Å². The van der Waals surface area contributed by atoms with Crippen LogP contribution in [0.1, 0.15) is 44.1 Å². The molecule has 2 unspecified atom stereocenters. The van der Waals surface area contributed by atoms with E-state index in [2.05, 4.69) is 35.0 Å². The highest BCUT2D eigenvalue weighted by molar-refractivity contribution is 9.09. The Kier molecular flexibility index (Phi) is 4.32.